The van der Waals surface area contributed by atoms with Crippen LogP contribution in [0.4, 0.5) is 4.79 Å². The molecule has 1 aliphatic rings. The predicted octanol–water partition coefficient (Wildman–Crippen LogP) is 0.364. The largest absolute Gasteiger partial charge is 0.356 e. The van der Waals surface area contributed by atoms with Crippen molar-refractivity contribution in [3.05, 3.63) is 0 Å². The highest BCUT2D eigenvalue weighted by Gasteiger charge is 2.22. The van der Waals surface area contributed by atoms with Gasteiger partial charge >= 0.3 is 6.03 Å². The highest BCUT2D eigenvalue weighted by molar-refractivity contribution is 5.74. The van der Waals surface area contributed by atoms with E-state index in [2.05, 4.69) is 16.0 Å². The summed E-state index contributed by atoms with van der Waals surface area (Å²) in [5.74, 6) is -0.00515. The van der Waals surface area contributed by atoms with Gasteiger partial charge in [-0.25, -0.2) is 4.79 Å². The van der Waals surface area contributed by atoms with E-state index in [1.165, 1.54) is 6.92 Å². The molecule has 0 unspecified atom stereocenters. The number of unbranched alkanes of at least 4 members (excludes halogenated alkanes) is 1. The van der Waals surface area contributed by atoms with E-state index in [-0.39, 0.29) is 11.9 Å². The van der Waals surface area contributed by atoms with Crippen LogP contribution in [0.5, 0.6) is 0 Å². The molecule has 3 N–H and O–H groups in total. The van der Waals surface area contributed by atoms with Crippen LogP contribution in [-0.2, 0) is 4.79 Å². The second kappa shape index (κ2) is 6.27. The third-order valence-electron chi connectivity index (χ3n) is 2.18. The van der Waals surface area contributed by atoms with Gasteiger partial charge in [-0.3, -0.25) is 4.79 Å². The molecule has 0 heterocycles. The molecule has 0 aromatic carbocycles. The molecule has 5 nitrogen and oxygen atoms in total. The first-order valence-electron chi connectivity index (χ1n) is 5.47. The Kier molecular flexibility index (Phi) is 4.93. The maximum absolute atomic E-state index is 11.1. The van der Waals surface area contributed by atoms with Gasteiger partial charge in [0.1, 0.15) is 0 Å². The van der Waals surface area contributed by atoms with Crippen LogP contribution in [0.2, 0.25) is 0 Å². The molecular formula is C10H19N3O2. The van der Waals surface area contributed by atoms with E-state index in [9.17, 15) is 9.59 Å². The number of carbonyl (C=O) groups is 2. The molecule has 0 aromatic heterocycles. The number of urea groups is 1. The third-order valence-corrected chi connectivity index (χ3v) is 2.18. The molecule has 1 rings (SSSR count). The summed E-state index contributed by atoms with van der Waals surface area (Å²) in [5, 5.41) is 8.33. The molecule has 0 aliphatic heterocycles. The van der Waals surface area contributed by atoms with E-state index >= 15 is 0 Å². The van der Waals surface area contributed by atoms with Crippen LogP contribution in [-0.4, -0.2) is 31.1 Å². The van der Waals surface area contributed by atoms with Crippen molar-refractivity contribution < 1.29 is 9.59 Å². The number of hydrogen-bond acceptors (Lipinski definition) is 2. The Hall–Kier alpha value is -1.26. The van der Waals surface area contributed by atoms with Crippen molar-refractivity contribution in [1.82, 2.24) is 16.0 Å². The van der Waals surface area contributed by atoms with Gasteiger partial charge in [0.25, 0.3) is 0 Å². The zero-order chi connectivity index (χ0) is 11.1. The van der Waals surface area contributed by atoms with Crippen molar-refractivity contribution in [2.45, 2.75) is 38.6 Å². The van der Waals surface area contributed by atoms with Crippen LogP contribution >= 0.6 is 0 Å². The first-order chi connectivity index (χ1) is 7.18. The number of amides is 3. The van der Waals surface area contributed by atoms with Gasteiger partial charge < -0.3 is 16.0 Å². The van der Waals surface area contributed by atoms with Crippen LogP contribution in [0.15, 0.2) is 0 Å². The van der Waals surface area contributed by atoms with Crippen LogP contribution in [0.1, 0.15) is 32.6 Å². The quantitative estimate of drug-likeness (QED) is 0.558. The molecule has 86 valence electrons. The Balaban J connectivity index is 1.83. The summed E-state index contributed by atoms with van der Waals surface area (Å²) in [6, 6.07) is 0.335. The lowest BCUT2D eigenvalue weighted by atomic mass is 10.3. The van der Waals surface area contributed by atoms with Crippen LogP contribution in [0.25, 0.3) is 0 Å². The number of rotatable bonds is 6. The normalized spacial score (nSPS) is 14.5. The highest BCUT2D eigenvalue weighted by atomic mass is 16.2. The molecule has 0 atom stereocenters. The summed E-state index contributed by atoms with van der Waals surface area (Å²) in [6.45, 7) is 2.85. The van der Waals surface area contributed by atoms with Crippen LogP contribution in [0.3, 0.4) is 0 Å². The van der Waals surface area contributed by atoms with E-state index in [4.69, 9.17) is 0 Å². The fourth-order valence-electron chi connectivity index (χ4n) is 1.18. The van der Waals surface area contributed by atoms with Gasteiger partial charge in [-0.05, 0) is 25.7 Å². The molecule has 0 spiro atoms. The molecule has 15 heavy (non-hydrogen) atoms. The lowest BCUT2D eigenvalue weighted by Gasteiger charge is -2.06. The first-order valence-corrected chi connectivity index (χ1v) is 5.47. The first kappa shape index (κ1) is 11.8. The van der Waals surface area contributed by atoms with E-state index in [1.54, 1.807) is 0 Å². The minimum absolute atomic E-state index is 0.00515. The van der Waals surface area contributed by atoms with Gasteiger partial charge in [-0.15, -0.1) is 0 Å². The number of carbonyl (C=O) groups excluding carboxylic acids is 2. The molecule has 1 saturated carbocycles. The second-order valence-electron chi connectivity index (χ2n) is 3.86. The SMILES string of the molecule is CC(=O)NCCCCNC(=O)NC1CC1. The third kappa shape index (κ3) is 6.76. The highest BCUT2D eigenvalue weighted by Crippen LogP contribution is 2.18. The molecule has 5 heteroatoms. The fraction of sp³-hybridized carbons (Fsp3) is 0.800. The fourth-order valence-corrected chi connectivity index (χ4v) is 1.18. The predicted molar refractivity (Wildman–Crippen MR) is 57.5 cm³/mol. The maximum Gasteiger partial charge on any atom is 0.315 e. The maximum atomic E-state index is 11.1. The minimum atomic E-state index is -0.0722. The summed E-state index contributed by atoms with van der Waals surface area (Å²) in [4.78, 5) is 21.7. The second-order valence-corrected chi connectivity index (χ2v) is 3.86. The smallest absolute Gasteiger partial charge is 0.315 e. The lowest BCUT2D eigenvalue weighted by Crippen LogP contribution is -2.37. The molecule has 0 bridgehead atoms. The Morgan fingerprint density at radius 3 is 2.27 bits per heavy atom. The Labute approximate surface area is 90.0 Å². The number of nitrogens with one attached hydrogen (secondary N) is 3. The van der Waals surface area contributed by atoms with Gasteiger partial charge in [0, 0.05) is 26.1 Å². The summed E-state index contributed by atoms with van der Waals surface area (Å²) < 4.78 is 0. The zero-order valence-corrected chi connectivity index (χ0v) is 9.14. The molecule has 3 amide bonds. The molecular weight excluding hydrogens is 194 g/mol. The molecule has 0 aromatic rings. The summed E-state index contributed by atoms with van der Waals surface area (Å²) in [7, 11) is 0. The van der Waals surface area contributed by atoms with Gasteiger partial charge in [0.05, 0.1) is 0 Å². The average Bonchev–Trinajstić information content (AvgIpc) is 2.94. The van der Waals surface area contributed by atoms with E-state index in [0.717, 1.165) is 25.7 Å². The van der Waals surface area contributed by atoms with Crippen molar-refractivity contribution in [3.8, 4) is 0 Å². The van der Waals surface area contributed by atoms with Gasteiger partial charge in [0.15, 0.2) is 0 Å². The van der Waals surface area contributed by atoms with Gasteiger partial charge in [-0.2, -0.15) is 0 Å². The van der Waals surface area contributed by atoms with Crippen LogP contribution < -0.4 is 16.0 Å². The lowest BCUT2D eigenvalue weighted by molar-refractivity contribution is -0.118. The van der Waals surface area contributed by atoms with Crippen LogP contribution in [0, 0.1) is 0 Å². The Morgan fingerprint density at radius 2 is 1.73 bits per heavy atom. The monoisotopic (exact) mass is 213 g/mol. The van der Waals surface area contributed by atoms with Crippen molar-refractivity contribution in [1.29, 1.82) is 0 Å². The molecule has 1 aliphatic carbocycles. The van der Waals surface area contributed by atoms with Crippen molar-refractivity contribution in [2.75, 3.05) is 13.1 Å². The Morgan fingerprint density at radius 1 is 1.13 bits per heavy atom. The van der Waals surface area contributed by atoms with Crippen molar-refractivity contribution >= 4 is 11.9 Å². The summed E-state index contributed by atoms with van der Waals surface area (Å²) in [6.07, 6.45) is 3.99. The topological polar surface area (TPSA) is 70.2 Å². The zero-order valence-electron chi connectivity index (χ0n) is 9.14. The molecule has 0 saturated heterocycles. The molecule has 0 radical (unpaired) electrons. The average molecular weight is 213 g/mol. The van der Waals surface area contributed by atoms with Gasteiger partial charge in [0.2, 0.25) is 5.91 Å². The summed E-state index contributed by atoms with van der Waals surface area (Å²) in [5.41, 5.74) is 0. The summed E-state index contributed by atoms with van der Waals surface area (Å²) >= 11 is 0. The van der Waals surface area contributed by atoms with Gasteiger partial charge in [-0.1, -0.05) is 0 Å². The van der Waals surface area contributed by atoms with E-state index < -0.39 is 0 Å². The standard InChI is InChI=1S/C10H19N3O2/c1-8(14)11-6-2-3-7-12-10(15)13-9-4-5-9/h9H,2-7H2,1H3,(H,11,14)(H2,12,13,15). The molecule has 1 fully saturated rings. The van der Waals surface area contributed by atoms with Crippen molar-refractivity contribution in [3.63, 3.8) is 0 Å². The number of hydrogen-bond donors (Lipinski definition) is 3. The Bertz CT molecular complexity index is 227. The van der Waals surface area contributed by atoms with E-state index in [0.29, 0.717) is 19.1 Å². The van der Waals surface area contributed by atoms with E-state index in [1.807, 2.05) is 0 Å². The minimum Gasteiger partial charge on any atom is -0.356 e. The van der Waals surface area contributed by atoms with Crippen molar-refractivity contribution in [2.24, 2.45) is 0 Å².